The minimum Gasteiger partial charge on any atom is -0.465 e. The van der Waals surface area contributed by atoms with Gasteiger partial charge in [-0.2, -0.15) is 0 Å². The van der Waals surface area contributed by atoms with Crippen LogP contribution in [0, 0.1) is 6.92 Å². The lowest BCUT2D eigenvalue weighted by molar-refractivity contribution is 0.00578. The molecule has 25 heavy (non-hydrogen) atoms. The van der Waals surface area contributed by atoms with Gasteiger partial charge in [-0.15, -0.1) is 0 Å². The second kappa shape index (κ2) is 6.80. The minimum absolute atomic E-state index is 0.402. The van der Waals surface area contributed by atoms with Crippen LogP contribution in [0.15, 0.2) is 12.1 Å². The largest absolute Gasteiger partial charge is 0.494 e. The maximum Gasteiger partial charge on any atom is 0.494 e. The molecule has 0 unspecified atom stereocenters. The molecule has 1 aromatic carbocycles. The Morgan fingerprint density at radius 1 is 1.16 bits per heavy atom. The van der Waals surface area contributed by atoms with Crippen molar-refractivity contribution in [3.8, 4) is 0 Å². The molecule has 0 saturated carbocycles. The number of esters is 1. The van der Waals surface area contributed by atoms with Gasteiger partial charge in [-0.1, -0.05) is 13.8 Å². The Hall–Kier alpha value is -1.86. The molecule has 0 spiro atoms. The van der Waals surface area contributed by atoms with Crippen molar-refractivity contribution in [2.45, 2.75) is 59.7 Å². The van der Waals surface area contributed by atoms with E-state index in [1.165, 1.54) is 7.11 Å². The first-order valence-corrected chi connectivity index (χ1v) is 8.59. The average molecular weight is 346 g/mol. The zero-order chi connectivity index (χ0) is 19.0. The molecule has 2 aromatic rings. The summed E-state index contributed by atoms with van der Waals surface area (Å²) in [7, 11) is 0.811. The highest BCUT2D eigenvalue weighted by Gasteiger charge is 2.51. The quantitative estimate of drug-likeness (QED) is 0.668. The highest BCUT2D eigenvalue weighted by molar-refractivity contribution is 6.62. The summed E-state index contributed by atoms with van der Waals surface area (Å²) in [5.41, 5.74) is 1.63. The number of aromatic nitrogens is 2. The van der Waals surface area contributed by atoms with Gasteiger partial charge in [-0.25, -0.2) is 9.78 Å². The van der Waals surface area contributed by atoms with Crippen LogP contribution in [0.2, 0.25) is 0 Å². The Bertz CT molecular complexity index is 767. The molecule has 1 saturated heterocycles. The number of aromatic amines is 1. The van der Waals surface area contributed by atoms with Crippen LogP contribution in [0.25, 0.3) is 11.0 Å². The van der Waals surface area contributed by atoms with Gasteiger partial charge in [0.2, 0.25) is 0 Å². The molecule has 0 bridgehead atoms. The van der Waals surface area contributed by atoms with E-state index in [0.717, 1.165) is 16.8 Å². The molecule has 0 atom stereocenters. The fraction of sp³-hybridized carbons (Fsp3) is 0.556. The van der Waals surface area contributed by atoms with E-state index in [9.17, 15) is 4.79 Å². The van der Waals surface area contributed by atoms with Gasteiger partial charge in [0.05, 0.1) is 29.4 Å². The van der Waals surface area contributed by atoms with Gasteiger partial charge in [0, 0.05) is 0 Å². The molecule has 0 aliphatic carbocycles. The van der Waals surface area contributed by atoms with Gasteiger partial charge >= 0.3 is 13.1 Å². The Balaban J connectivity index is 0.00000109. The van der Waals surface area contributed by atoms with E-state index >= 15 is 0 Å². The predicted molar refractivity (Wildman–Crippen MR) is 99.2 cm³/mol. The zero-order valence-corrected chi connectivity index (χ0v) is 16.3. The van der Waals surface area contributed by atoms with E-state index in [0.29, 0.717) is 11.1 Å². The van der Waals surface area contributed by atoms with E-state index in [-0.39, 0.29) is 0 Å². The number of H-pyrrole nitrogens is 1. The molecule has 1 fully saturated rings. The third-order valence-electron chi connectivity index (χ3n) is 4.66. The van der Waals surface area contributed by atoms with Gasteiger partial charge in [0.25, 0.3) is 0 Å². The van der Waals surface area contributed by atoms with Crippen LogP contribution in [0.3, 0.4) is 0 Å². The Kier molecular flexibility index (Phi) is 5.30. The number of ether oxygens (including phenoxy) is 1. The summed E-state index contributed by atoms with van der Waals surface area (Å²) in [4.78, 5) is 19.6. The second-order valence-corrected chi connectivity index (χ2v) is 6.87. The first-order valence-electron chi connectivity index (χ1n) is 8.59. The molecule has 136 valence electrons. The SMILES string of the molecule is CC.COC(=O)c1cc(B2OC(C)(C)C(C)(C)O2)cc2[nH]c(C)nc12. The number of carbonyl (C=O) groups excluding carboxylic acids is 1. The van der Waals surface area contributed by atoms with E-state index in [1.54, 1.807) is 6.07 Å². The van der Waals surface area contributed by atoms with E-state index in [2.05, 4.69) is 9.97 Å². The number of aryl methyl sites for hydroxylation is 1. The van der Waals surface area contributed by atoms with Gasteiger partial charge in [-0.3, -0.25) is 0 Å². The minimum atomic E-state index is -0.545. The molecule has 1 aliphatic heterocycles. The highest BCUT2D eigenvalue weighted by atomic mass is 16.7. The molecule has 1 aliphatic rings. The number of benzene rings is 1. The van der Waals surface area contributed by atoms with Crippen LogP contribution in [0.5, 0.6) is 0 Å². The van der Waals surface area contributed by atoms with E-state index < -0.39 is 24.3 Å². The molecular weight excluding hydrogens is 319 g/mol. The van der Waals surface area contributed by atoms with Gasteiger partial charge < -0.3 is 19.0 Å². The maximum atomic E-state index is 12.1. The number of hydrogen-bond acceptors (Lipinski definition) is 5. The number of fused-ring (bicyclic) bond motifs is 1. The lowest BCUT2D eigenvalue weighted by Crippen LogP contribution is -2.41. The van der Waals surface area contributed by atoms with Crippen LogP contribution in [0.4, 0.5) is 0 Å². The lowest BCUT2D eigenvalue weighted by Gasteiger charge is -2.32. The zero-order valence-electron chi connectivity index (χ0n) is 16.3. The topological polar surface area (TPSA) is 73.4 Å². The van der Waals surface area contributed by atoms with Crippen molar-refractivity contribution in [3.63, 3.8) is 0 Å². The van der Waals surface area contributed by atoms with Crippen molar-refractivity contribution in [1.82, 2.24) is 9.97 Å². The van der Waals surface area contributed by atoms with Crippen LogP contribution >= 0.6 is 0 Å². The van der Waals surface area contributed by atoms with Crippen LogP contribution in [-0.2, 0) is 14.0 Å². The van der Waals surface area contributed by atoms with E-state index in [1.807, 2.05) is 54.5 Å². The molecular formula is C18H27BN2O4. The summed E-state index contributed by atoms with van der Waals surface area (Å²) in [6, 6.07) is 3.64. The number of carbonyl (C=O) groups is 1. The number of methoxy groups -OCH3 is 1. The van der Waals surface area contributed by atoms with Crippen molar-refractivity contribution in [2.24, 2.45) is 0 Å². The van der Waals surface area contributed by atoms with Crippen LogP contribution in [0.1, 0.15) is 57.7 Å². The van der Waals surface area contributed by atoms with Crippen molar-refractivity contribution >= 4 is 29.6 Å². The summed E-state index contributed by atoms with van der Waals surface area (Å²) >= 11 is 0. The first kappa shape index (κ1) is 19.5. The average Bonchev–Trinajstić information content (AvgIpc) is 3.03. The summed E-state index contributed by atoms with van der Waals surface area (Å²) in [6.45, 7) is 13.8. The number of hydrogen-bond donors (Lipinski definition) is 1. The van der Waals surface area contributed by atoms with Crippen LogP contribution < -0.4 is 5.46 Å². The van der Waals surface area contributed by atoms with Gasteiger partial charge in [0.15, 0.2) is 0 Å². The molecule has 2 heterocycles. The molecule has 6 nitrogen and oxygen atoms in total. The summed E-state index contributed by atoms with van der Waals surface area (Å²) < 4.78 is 17.0. The van der Waals surface area contributed by atoms with Gasteiger partial charge in [0.1, 0.15) is 11.3 Å². The molecule has 0 radical (unpaired) electrons. The normalized spacial score (nSPS) is 18.0. The molecule has 0 amide bonds. The molecule has 1 aromatic heterocycles. The maximum absolute atomic E-state index is 12.1. The summed E-state index contributed by atoms with van der Waals surface area (Å²) in [6.07, 6.45) is 0. The number of rotatable bonds is 2. The smallest absolute Gasteiger partial charge is 0.465 e. The van der Waals surface area contributed by atoms with E-state index in [4.69, 9.17) is 14.0 Å². The molecule has 7 heteroatoms. The second-order valence-electron chi connectivity index (χ2n) is 6.87. The monoisotopic (exact) mass is 346 g/mol. The Morgan fingerprint density at radius 3 is 2.24 bits per heavy atom. The van der Waals surface area contributed by atoms with Crippen LogP contribution in [-0.4, -0.2) is 41.4 Å². The van der Waals surface area contributed by atoms with Gasteiger partial charge in [-0.05, 0) is 52.2 Å². The summed E-state index contributed by atoms with van der Waals surface area (Å²) in [5.74, 6) is 0.302. The van der Waals surface area contributed by atoms with Crippen molar-refractivity contribution < 1.29 is 18.8 Å². The first-order chi connectivity index (χ1) is 11.6. The Labute approximate surface area is 149 Å². The number of nitrogens with one attached hydrogen (secondary N) is 1. The van der Waals surface area contributed by atoms with Crippen molar-refractivity contribution in [2.75, 3.05) is 7.11 Å². The lowest BCUT2D eigenvalue weighted by atomic mass is 9.78. The fourth-order valence-corrected chi connectivity index (χ4v) is 2.64. The van der Waals surface area contributed by atoms with Crippen molar-refractivity contribution in [1.29, 1.82) is 0 Å². The fourth-order valence-electron chi connectivity index (χ4n) is 2.64. The van der Waals surface area contributed by atoms with Crippen molar-refractivity contribution in [3.05, 3.63) is 23.5 Å². The third kappa shape index (κ3) is 3.44. The number of nitrogens with zero attached hydrogens (tertiary/aromatic N) is 1. The standard InChI is InChI=1S/C16H21BN2O4.C2H6/c1-9-18-12-8-10(7-11(13(12)19-9)14(20)21-6)17-22-15(2,3)16(4,5)23-17;1-2/h7-8H,1-6H3,(H,18,19);1-2H3. The highest BCUT2D eigenvalue weighted by Crippen LogP contribution is 2.36. The summed E-state index contributed by atoms with van der Waals surface area (Å²) in [5, 5.41) is 0. The third-order valence-corrected chi connectivity index (χ3v) is 4.66. The Morgan fingerprint density at radius 2 is 1.72 bits per heavy atom. The molecule has 1 N–H and O–H groups in total. The predicted octanol–water partition coefficient (Wildman–Crippen LogP) is 2.98. The number of imidazole rings is 1. The molecule has 3 rings (SSSR count).